The van der Waals surface area contributed by atoms with E-state index in [-0.39, 0.29) is 12.5 Å². The zero-order valence-electron chi connectivity index (χ0n) is 48.6. The summed E-state index contributed by atoms with van der Waals surface area (Å²) in [5.74, 6) is -0.205. The first-order valence-corrected chi connectivity index (χ1v) is 32.8. The van der Waals surface area contributed by atoms with Crippen LogP contribution >= 0.6 is 7.82 Å². The Morgan fingerprint density at radius 2 is 0.778 bits per heavy atom. The van der Waals surface area contributed by atoms with Crippen LogP contribution in [-0.2, 0) is 18.4 Å². The van der Waals surface area contributed by atoms with Gasteiger partial charge in [0.25, 0.3) is 7.82 Å². The maximum Gasteiger partial charge on any atom is 0.268 e. The summed E-state index contributed by atoms with van der Waals surface area (Å²) >= 11 is 0. The van der Waals surface area contributed by atoms with Crippen molar-refractivity contribution in [2.24, 2.45) is 0 Å². The largest absolute Gasteiger partial charge is 0.756 e. The second kappa shape index (κ2) is 54.5. The Hall–Kier alpha value is -1.28. The van der Waals surface area contributed by atoms with Crippen molar-refractivity contribution in [2.45, 2.75) is 321 Å². The van der Waals surface area contributed by atoms with Gasteiger partial charge in [-0.15, -0.1) is 0 Å². The Balaban J connectivity index is 4.20. The average molecular weight is 1040 g/mol. The molecule has 3 unspecified atom stereocenters. The first-order valence-electron chi connectivity index (χ1n) is 31.4. The number of phosphoric ester groups is 1. The minimum absolute atomic E-state index is 0.00722. The van der Waals surface area contributed by atoms with Crippen molar-refractivity contribution in [1.82, 2.24) is 5.32 Å². The van der Waals surface area contributed by atoms with E-state index >= 15 is 0 Å². The number of amides is 1. The summed E-state index contributed by atoms with van der Waals surface area (Å²) in [5, 5.41) is 13.9. The van der Waals surface area contributed by atoms with Gasteiger partial charge in [-0.25, -0.2) is 0 Å². The van der Waals surface area contributed by atoms with Gasteiger partial charge in [-0.2, -0.15) is 0 Å². The zero-order valence-corrected chi connectivity index (χ0v) is 49.5. The molecule has 0 saturated heterocycles. The Morgan fingerprint density at radius 1 is 0.472 bits per heavy atom. The van der Waals surface area contributed by atoms with Gasteiger partial charge in [0.05, 0.1) is 39.9 Å². The molecular formula is C63H123N2O6P. The third kappa shape index (κ3) is 56.4. The summed E-state index contributed by atoms with van der Waals surface area (Å²) in [6, 6.07) is -0.908. The van der Waals surface area contributed by atoms with Crippen LogP contribution in [0.1, 0.15) is 309 Å². The molecule has 0 heterocycles. The predicted octanol–water partition coefficient (Wildman–Crippen LogP) is 18.7. The molecule has 2 N–H and O–H groups in total. The summed E-state index contributed by atoms with van der Waals surface area (Å²) in [7, 11) is 1.25. The number of aliphatic hydroxyl groups is 1. The van der Waals surface area contributed by atoms with Gasteiger partial charge >= 0.3 is 0 Å². The van der Waals surface area contributed by atoms with Gasteiger partial charge in [0.15, 0.2) is 0 Å². The number of nitrogens with one attached hydrogen (secondary N) is 1. The fraction of sp³-hybridized carbons (Fsp3) is 0.889. The number of unbranched alkanes of at least 4 members (excludes halogenated alkanes) is 41. The van der Waals surface area contributed by atoms with Crippen molar-refractivity contribution in [3.05, 3.63) is 36.5 Å². The van der Waals surface area contributed by atoms with E-state index in [1.807, 2.05) is 27.2 Å². The summed E-state index contributed by atoms with van der Waals surface area (Å²) in [5.41, 5.74) is 0. The third-order valence-corrected chi connectivity index (χ3v) is 15.3. The number of likely N-dealkylation sites (N-methyl/N-ethyl adjacent to an activating group) is 1. The monoisotopic (exact) mass is 1030 g/mol. The molecule has 9 heteroatoms. The topological polar surface area (TPSA) is 108 Å². The van der Waals surface area contributed by atoms with Gasteiger partial charge < -0.3 is 28.8 Å². The molecule has 0 aromatic heterocycles. The number of quaternary nitrogens is 1. The first kappa shape index (κ1) is 70.7. The highest BCUT2D eigenvalue weighted by Crippen LogP contribution is 2.38. The van der Waals surface area contributed by atoms with Crippen LogP contribution < -0.4 is 10.2 Å². The van der Waals surface area contributed by atoms with Crippen LogP contribution in [-0.4, -0.2) is 68.5 Å². The average Bonchev–Trinajstić information content (AvgIpc) is 3.34. The summed E-state index contributed by atoms with van der Waals surface area (Å²) in [6.07, 6.45) is 71.0. The molecule has 0 aromatic rings. The molecule has 72 heavy (non-hydrogen) atoms. The molecular weight excluding hydrogens is 912 g/mol. The van der Waals surface area contributed by atoms with Gasteiger partial charge in [0.2, 0.25) is 5.91 Å². The highest BCUT2D eigenvalue weighted by molar-refractivity contribution is 7.45. The van der Waals surface area contributed by atoms with Crippen molar-refractivity contribution in [1.29, 1.82) is 0 Å². The van der Waals surface area contributed by atoms with E-state index in [9.17, 15) is 19.4 Å². The standard InChI is InChI=1S/C63H123N2O6P/c1-6-8-10-12-14-16-18-20-22-24-26-28-30-32-34-36-38-40-42-44-46-48-50-52-54-56-62(66)61(60-71-72(68,69)70-59-58-65(3,4)5)64-63(67)57-55-53-51-49-47-45-43-41-39-37-35-33-31-29-27-25-23-21-19-17-15-13-11-9-7-2/h38,40,46,48,54,56,61-62,66H,6-37,39,41-45,47,49-53,55,57-60H2,1-5H3,(H-,64,67,68,69)/b40-38+,48-46+,56-54+. The van der Waals surface area contributed by atoms with E-state index in [4.69, 9.17) is 9.05 Å². The minimum atomic E-state index is -4.61. The SMILES string of the molecule is CCCCCCCCCCCCCCCCC/C=C/CC/C=C/CC/C=C/C(O)C(COP(=O)([O-])OCC[N+](C)(C)C)NC(=O)CCCCCCCCCCCCCCCCCCCCCCCCCCC. The van der Waals surface area contributed by atoms with Gasteiger partial charge in [-0.3, -0.25) is 9.36 Å². The third-order valence-electron chi connectivity index (χ3n) is 14.3. The number of allylic oxidation sites excluding steroid dienone is 5. The Labute approximate surface area is 448 Å². The highest BCUT2D eigenvalue weighted by Gasteiger charge is 2.23. The number of carbonyl (C=O) groups is 1. The Bertz CT molecular complexity index is 1270. The number of carbonyl (C=O) groups excluding carboxylic acids is 1. The lowest BCUT2D eigenvalue weighted by molar-refractivity contribution is -0.870. The molecule has 0 saturated carbocycles. The molecule has 0 radical (unpaired) electrons. The first-order chi connectivity index (χ1) is 35.0. The number of aliphatic hydroxyl groups excluding tert-OH is 1. The second-order valence-corrected chi connectivity index (χ2v) is 24.2. The molecule has 3 atom stereocenters. The molecule has 0 bridgehead atoms. The van der Waals surface area contributed by atoms with Crippen molar-refractivity contribution >= 4 is 13.7 Å². The number of nitrogens with zero attached hydrogens (tertiary/aromatic N) is 1. The molecule has 1 amide bonds. The molecule has 0 aliphatic rings. The van der Waals surface area contributed by atoms with Crippen LogP contribution in [0.15, 0.2) is 36.5 Å². The van der Waals surface area contributed by atoms with E-state index in [2.05, 4.69) is 43.5 Å². The molecule has 0 aliphatic carbocycles. The normalized spacial score (nSPS) is 14.0. The van der Waals surface area contributed by atoms with E-state index in [0.717, 1.165) is 44.9 Å². The lowest BCUT2D eigenvalue weighted by atomic mass is 10.0. The fourth-order valence-electron chi connectivity index (χ4n) is 9.42. The van der Waals surface area contributed by atoms with Gasteiger partial charge in [0.1, 0.15) is 13.2 Å². The molecule has 0 aromatic carbocycles. The molecule has 426 valence electrons. The van der Waals surface area contributed by atoms with Crippen molar-refractivity contribution < 1.29 is 32.9 Å². The number of phosphoric acid groups is 1. The second-order valence-electron chi connectivity index (χ2n) is 22.8. The van der Waals surface area contributed by atoms with Crippen LogP contribution in [0.25, 0.3) is 0 Å². The molecule has 0 spiro atoms. The maximum atomic E-state index is 13.0. The molecule has 0 rings (SSSR count). The smallest absolute Gasteiger partial charge is 0.268 e. The number of hydrogen-bond acceptors (Lipinski definition) is 6. The number of hydrogen-bond donors (Lipinski definition) is 2. The highest BCUT2D eigenvalue weighted by atomic mass is 31.2. The maximum absolute atomic E-state index is 13.0. The molecule has 8 nitrogen and oxygen atoms in total. The summed E-state index contributed by atoms with van der Waals surface area (Å²) < 4.78 is 23.4. The lowest BCUT2D eigenvalue weighted by Gasteiger charge is -2.29. The van der Waals surface area contributed by atoms with Gasteiger partial charge in [-0.05, 0) is 44.9 Å². The van der Waals surface area contributed by atoms with Crippen LogP contribution in [0.4, 0.5) is 0 Å². The van der Waals surface area contributed by atoms with E-state index in [1.54, 1.807) is 6.08 Å². The number of rotatable bonds is 58. The molecule has 0 aliphatic heterocycles. The van der Waals surface area contributed by atoms with E-state index in [1.165, 1.54) is 244 Å². The minimum Gasteiger partial charge on any atom is -0.756 e. The van der Waals surface area contributed by atoms with Crippen molar-refractivity contribution in [3.63, 3.8) is 0 Å². The van der Waals surface area contributed by atoms with Crippen LogP contribution in [0.5, 0.6) is 0 Å². The quantitative estimate of drug-likeness (QED) is 0.0272. The summed E-state index contributed by atoms with van der Waals surface area (Å²) in [6.45, 7) is 4.67. The Kier molecular flexibility index (Phi) is 53.5. The van der Waals surface area contributed by atoms with Crippen molar-refractivity contribution in [3.8, 4) is 0 Å². The predicted molar refractivity (Wildman–Crippen MR) is 311 cm³/mol. The van der Waals surface area contributed by atoms with Gasteiger partial charge in [0, 0.05) is 6.42 Å². The lowest BCUT2D eigenvalue weighted by Crippen LogP contribution is -2.45. The summed E-state index contributed by atoms with van der Waals surface area (Å²) in [4.78, 5) is 25.5. The van der Waals surface area contributed by atoms with Crippen molar-refractivity contribution in [2.75, 3.05) is 40.9 Å². The van der Waals surface area contributed by atoms with E-state index < -0.39 is 26.6 Å². The van der Waals surface area contributed by atoms with E-state index in [0.29, 0.717) is 17.4 Å². The van der Waals surface area contributed by atoms with Crippen LogP contribution in [0, 0.1) is 0 Å². The van der Waals surface area contributed by atoms with Gasteiger partial charge in [-0.1, -0.05) is 294 Å². The zero-order chi connectivity index (χ0) is 52.7. The Morgan fingerprint density at radius 3 is 1.12 bits per heavy atom. The molecule has 0 fully saturated rings. The fourth-order valence-corrected chi connectivity index (χ4v) is 10.1. The van der Waals surface area contributed by atoms with Crippen LogP contribution in [0.2, 0.25) is 0 Å². The van der Waals surface area contributed by atoms with Crippen LogP contribution in [0.3, 0.4) is 0 Å².